The number of likely N-dealkylation sites (tertiary alicyclic amines) is 1. The summed E-state index contributed by atoms with van der Waals surface area (Å²) in [7, 11) is 0. The van der Waals surface area contributed by atoms with Crippen LogP contribution in [0.2, 0.25) is 0 Å². The Kier molecular flexibility index (Phi) is 5.66. The molecule has 1 aromatic carbocycles. The van der Waals surface area contributed by atoms with Gasteiger partial charge in [0, 0.05) is 19.2 Å². The molecule has 0 unspecified atom stereocenters. The minimum absolute atomic E-state index is 0.0452. The van der Waals surface area contributed by atoms with E-state index in [0.29, 0.717) is 30.6 Å². The SMILES string of the molecule is CCOC(=O)C1CCN(C(=S)Oc2ccc3nc(C)c(C)nc3c2)CC1. The normalized spacial score (nSPS) is 15.1. The average Bonchev–Trinajstić information content (AvgIpc) is 2.63. The van der Waals surface area contributed by atoms with Crippen LogP contribution in [0.5, 0.6) is 5.75 Å². The van der Waals surface area contributed by atoms with Crippen LogP contribution in [0.3, 0.4) is 0 Å². The number of hydrogen-bond acceptors (Lipinski definition) is 6. The third kappa shape index (κ3) is 4.09. The molecule has 1 aliphatic heterocycles. The average molecular weight is 373 g/mol. The van der Waals surface area contributed by atoms with Gasteiger partial charge in [-0.3, -0.25) is 4.79 Å². The van der Waals surface area contributed by atoms with Crippen LogP contribution in [0.25, 0.3) is 11.0 Å². The molecule has 26 heavy (non-hydrogen) atoms. The molecule has 3 rings (SSSR count). The summed E-state index contributed by atoms with van der Waals surface area (Å²) in [6.45, 7) is 7.51. The predicted octanol–water partition coefficient (Wildman–Crippen LogP) is 3.19. The highest BCUT2D eigenvalue weighted by atomic mass is 32.1. The van der Waals surface area contributed by atoms with E-state index in [1.807, 2.05) is 43.9 Å². The van der Waals surface area contributed by atoms with Crippen molar-refractivity contribution in [2.24, 2.45) is 5.92 Å². The lowest BCUT2D eigenvalue weighted by Gasteiger charge is -2.31. The van der Waals surface area contributed by atoms with Crippen LogP contribution in [0.1, 0.15) is 31.2 Å². The Hall–Kier alpha value is -2.28. The number of nitrogens with zero attached hydrogens (tertiary/aromatic N) is 3. The Labute approximate surface area is 158 Å². The molecule has 1 saturated heterocycles. The van der Waals surface area contributed by atoms with Gasteiger partial charge in [-0.05, 0) is 58.0 Å². The Balaban J connectivity index is 1.62. The molecule has 0 atom stereocenters. The first-order valence-corrected chi connectivity index (χ1v) is 9.27. The summed E-state index contributed by atoms with van der Waals surface area (Å²) in [6, 6.07) is 5.59. The van der Waals surface area contributed by atoms with E-state index in [4.69, 9.17) is 21.7 Å². The van der Waals surface area contributed by atoms with Gasteiger partial charge in [0.05, 0.1) is 34.9 Å². The second kappa shape index (κ2) is 7.95. The van der Waals surface area contributed by atoms with Gasteiger partial charge in [0.15, 0.2) is 0 Å². The lowest BCUT2D eigenvalue weighted by molar-refractivity contribution is -0.149. The van der Waals surface area contributed by atoms with Crippen molar-refractivity contribution in [2.75, 3.05) is 19.7 Å². The van der Waals surface area contributed by atoms with Gasteiger partial charge < -0.3 is 14.4 Å². The number of aromatic nitrogens is 2. The largest absolute Gasteiger partial charge is 0.466 e. The van der Waals surface area contributed by atoms with Crippen LogP contribution in [-0.2, 0) is 9.53 Å². The van der Waals surface area contributed by atoms with Gasteiger partial charge in [-0.25, -0.2) is 9.97 Å². The summed E-state index contributed by atoms with van der Waals surface area (Å²) < 4.78 is 10.9. The fraction of sp³-hybridized carbons (Fsp3) is 0.474. The smallest absolute Gasteiger partial charge is 0.309 e. The molecule has 0 saturated carbocycles. The molecule has 138 valence electrons. The van der Waals surface area contributed by atoms with Crippen molar-refractivity contribution in [3.63, 3.8) is 0 Å². The van der Waals surface area contributed by atoms with E-state index < -0.39 is 0 Å². The van der Waals surface area contributed by atoms with E-state index >= 15 is 0 Å². The number of benzene rings is 1. The number of hydrogen-bond donors (Lipinski definition) is 0. The first kappa shape index (κ1) is 18.5. The molecule has 0 bridgehead atoms. The lowest BCUT2D eigenvalue weighted by atomic mass is 9.97. The third-order valence-corrected chi connectivity index (χ3v) is 4.97. The van der Waals surface area contributed by atoms with Gasteiger partial charge in [0.2, 0.25) is 0 Å². The van der Waals surface area contributed by atoms with Crippen molar-refractivity contribution in [3.05, 3.63) is 29.6 Å². The second-order valence-electron chi connectivity index (χ2n) is 6.43. The molecule has 0 radical (unpaired) electrons. The molecule has 6 nitrogen and oxygen atoms in total. The summed E-state index contributed by atoms with van der Waals surface area (Å²) in [5.41, 5.74) is 3.44. The van der Waals surface area contributed by atoms with E-state index in [1.165, 1.54) is 0 Å². The van der Waals surface area contributed by atoms with Crippen molar-refractivity contribution in [2.45, 2.75) is 33.6 Å². The molecular formula is C19H23N3O3S. The highest BCUT2D eigenvalue weighted by molar-refractivity contribution is 7.80. The number of ether oxygens (including phenoxy) is 2. The van der Waals surface area contributed by atoms with Crippen molar-refractivity contribution in [3.8, 4) is 5.75 Å². The van der Waals surface area contributed by atoms with E-state index in [2.05, 4.69) is 9.97 Å². The van der Waals surface area contributed by atoms with E-state index in [9.17, 15) is 4.79 Å². The molecule has 2 heterocycles. The summed E-state index contributed by atoms with van der Waals surface area (Å²) in [6.07, 6.45) is 1.45. The van der Waals surface area contributed by atoms with Gasteiger partial charge in [-0.1, -0.05) is 0 Å². The highest BCUT2D eigenvalue weighted by Gasteiger charge is 2.27. The number of piperidine rings is 1. The number of esters is 1. The Morgan fingerprint density at radius 3 is 2.50 bits per heavy atom. The number of carbonyl (C=O) groups is 1. The molecule has 1 aliphatic rings. The van der Waals surface area contributed by atoms with Gasteiger partial charge in [-0.15, -0.1) is 0 Å². The maximum absolute atomic E-state index is 11.8. The highest BCUT2D eigenvalue weighted by Crippen LogP contribution is 2.22. The standard InChI is InChI=1S/C19H23N3O3S/c1-4-24-18(23)14-7-9-22(10-8-14)19(26)25-15-5-6-16-17(11-15)21-13(3)12(2)20-16/h5-6,11,14H,4,7-10H2,1-3H3. The maximum atomic E-state index is 11.8. The third-order valence-electron chi connectivity index (χ3n) is 4.63. The first-order valence-electron chi connectivity index (χ1n) is 8.86. The van der Waals surface area contributed by atoms with Crippen LogP contribution in [0.15, 0.2) is 18.2 Å². The van der Waals surface area contributed by atoms with Gasteiger partial charge in [0.25, 0.3) is 5.17 Å². The Morgan fingerprint density at radius 1 is 1.19 bits per heavy atom. The van der Waals surface area contributed by atoms with E-state index in [1.54, 1.807) is 0 Å². The van der Waals surface area contributed by atoms with E-state index in [-0.39, 0.29) is 11.9 Å². The van der Waals surface area contributed by atoms with Gasteiger partial charge in [0.1, 0.15) is 5.75 Å². The van der Waals surface area contributed by atoms with Crippen LogP contribution in [-0.4, -0.2) is 45.7 Å². The summed E-state index contributed by atoms with van der Waals surface area (Å²) in [5.74, 6) is 0.487. The minimum atomic E-state index is -0.113. The molecule has 1 fully saturated rings. The zero-order valence-electron chi connectivity index (χ0n) is 15.3. The van der Waals surface area contributed by atoms with Crippen LogP contribution >= 0.6 is 12.2 Å². The number of carbonyl (C=O) groups excluding carboxylic acids is 1. The summed E-state index contributed by atoms with van der Waals surface area (Å²) in [4.78, 5) is 22.9. The Bertz CT molecular complexity index is 832. The predicted molar refractivity (Wildman–Crippen MR) is 103 cm³/mol. The van der Waals surface area contributed by atoms with Crippen molar-refractivity contribution in [1.29, 1.82) is 0 Å². The van der Waals surface area contributed by atoms with Crippen LogP contribution in [0, 0.1) is 19.8 Å². The molecule has 0 amide bonds. The number of fused-ring (bicyclic) bond motifs is 1. The van der Waals surface area contributed by atoms with Crippen molar-refractivity contribution >= 4 is 34.4 Å². The fourth-order valence-electron chi connectivity index (χ4n) is 3.00. The quantitative estimate of drug-likeness (QED) is 0.605. The van der Waals surface area contributed by atoms with Gasteiger partial charge in [-0.2, -0.15) is 0 Å². The minimum Gasteiger partial charge on any atom is -0.466 e. The monoisotopic (exact) mass is 373 g/mol. The molecule has 0 N–H and O–H groups in total. The van der Waals surface area contributed by atoms with E-state index in [0.717, 1.165) is 35.3 Å². The molecule has 0 spiro atoms. The van der Waals surface area contributed by atoms with Crippen LogP contribution < -0.4 is 4.74 Å². The fourth-order valence-corrected chi connectivity index (χ4v) is 3.28. The molecule has 7 heteroatoms. The lowest BCUT2D eigenvalue weighted by Crippen LogP contribution is -2.41. The summed E-state index contributed by atoms with van der Waals surface area (Å²) in [5, 5.41) is 0.420. The topological polar surface area (TPSA) is 64.5 Å². The first-order chi connectivity index (χ1) is 12.5. The second-order valence-corrected chi connectivity index (χ2v) is 6.78. The number of aryl methyl sites for hydroxylation is 2. The maximum Gasteiger partial charge on any atom is 0.309 e. The van der Waals surface area contributed by atoms with Crippen molar-refractivity contribution < 1.29 is 14.3 Å². The summed E-state index contributed by atoms with van der Waals surface area (Å²) >= 11 is 5.43. The van der Waals surface area contributed by atoms with Crippen LogP contribution in [0.4, 0.5) is 0 Å². The number of rotatable bonds is 3. The molecule has 2 aromatic rings. The Morgan fingerprint density at radius 2 is 1.85 bits per heavy atom. The zero-order chi connectivity index (χ0) is 18.7. The molecule has 0 aliphatic carbocycles. The number of thiocarbonyl (C=S) groups is 1. The molecular weight excluding hydrogens is 350 g/mol. The van der Waals surface area contributed by atoms with Gasteiger partial charge >= 0.3 is 5.97 Å². The zero-order valence-corrected chi connectivity index (χ0v) is 16.1. The molecule has 1 aromatic heterocycles. The van der Waals surface area contributed by atoms with Crippen molar-refractivity contribution in [1.82, 2.24) is 14.9 Å².